The minimum Gasteiger partial charge on any atom is -0.508 e. The summed E-state index contributed by atoms with van der Waals surface area (Å²) in [5, 5.41) is 9.30. The lowest BCUT2D eigenvalue weighted by atomic mass is 10.0. The highest BCUT2D eigenvalue weighted by Gasteiger charge is 2.11. The molecule has 0 aromatic heterocycles. The van der Waals surface area contributed by atoms with E-state index in [2.05, 4.69) is 6.92 Å². The van der Waals surface area contributed by atoms with Crippen LogP contribution >= 0.6 is 0 Å². The lowest BCUT2D eigenvalue weighted by Gasteiger charge is -2.10. The number of phenols is 1. The highest BCUT2D eigenvalue weighted by molar-refractivity contribution is 5.91. The molecule has 5 nitrogen and oxygen atoms in total. The number of esters is 2. The summed E-state index contributed by atoms with van der Waals surface area (Å²) in [6.07, 6.45) is 0.965. The molecule has 0 bridgehead atoms. The van der Waals surface area contributed by atoms with Crippen molar-refractivity contribution in [1.82, 2.24) is 0 Å². The summed E-state index contributed by atoms with van der Waals surface area (Å²) in [5.41, 5.74) is 2.73. The van der Waals surface area contributed by atoms with Crippen molar-refractivity contribution in [2.24, 2.45) is 5.92 Å². The van der Waals surface area contributed by atoms with Gasteiger partial charge in [0.1, 0.15) is 11.5 Å². The van der Waals surface area contributed by atoms with Crippen molar-refractivity contribution in [3.8, 4) is 22.6 Å². The Kier molecular flexibility index (Phi) is 6.86. The van der Waals surface area contributed by atoms with Gasteiger partial charge in [0, 0.05) is 0 Å². The Morgan fingerprint density at radius 2 is 1.30 bits per heavy atom. The molecule has 30 heavy (non-hydrogen) atoms. The summed E-state index contributed by atoms with van der Waals surface area (Å²) in [6.45, 7) is 4.52. The van der Waals surface area contributed by atoms with E-state index in [1.807, 2.05) is 31.2 Å². The van der Waals surface area contributed by atoms with Crippen LogP contribution in [0.1, 0.15) is 41.0 Å². The van der Waals surface area contributed by atoms with Crippen molar-refractivity contribution in [2.45, 2.75) is 20.3 Å². The maximum atomic E-state index is 12.1. The first-order valence-electron chi connectivity index (χ1n) is 9.85. The van der Waals surface area contributed by atoms with E-state index in [0.29, 0.717) is 29.4 Å². The zero-order valence-electron chi connectivity index (χ0n) is 17.0. The third-order valence-corrected chi connectivity index (χ3v) is 4.82. The van der Waals surface area contributed by atoms with Gasteiger partial charge < -0.3 is 14.6 Å². The molecule has 0 radical (unpaired) electrons. The Hall–Kier alpha value is -3.60. The average molecular weight is 404 g/mol. The lowest BCUT2D eigenvalue weighted by molar-refractivity contribution is 0.0447. The minimum atomic E-state index is -0.497. The Morgan fingerprint density at radius 3 is 1.87 bits per heavy atom. The van der Waals surface area contributed by atoms with Gasteiger partial charge in [-0.1, -0.05) is 44.5 Å². The Balaban J connectivity index is 1.62. The van der Waals surface area contributed by atoms with E-state index in [4.69, 9.17) is 9.47 Å². The molecule has 0 saturated heterocycles. The maximum absolute atomic E-state index is 12.1. The zero-order valence-corrected chi connectivity index (χ0v) is 17.0. The van der Waals surface area contributed by atoms with Gasteiger partial charge in [-0.25, -0.2) is 9.59 Å². The molecule has 0 saturated carbocycles. The molecule has 0 heterocycles. The molecule has 0 spiro atoms. The number of phenolic OH excluding ortho intramolecular Hbond substituents is 1. The van der Waals surface area contributed by atoms with Crippen LogP contribution in [0.2, 0.25) is 0 Å². The van der Waals surface area contributed by atoms with Gasteiger partial charge >= 0.3 is 11.9 Å². The SMILES string of the molecule is CCC(C)COC(=O)c1ccc(-c2ccc(OC(=O)c3ccc(O)cc3)cc2)cc1. The summed E-state index contributed by atoms with van der Waals surface area (Å²) >= 11 is 0. The van der Waals surface area contributed by atoms with E-state index < -0.39 is 5.97 Å². The smallest absolute Gasteiger partial charge is 0.343 e. The summed E-state index contributed by atoms with van der Waals surface area (Å²) in [7, 11) is 0. The summed E-state index contributed by atoms with van der Waals surface area (Å²) in [6, 6.07) is 20.2. The molecule has 3 aromatic rings. The molecule has 1 atom stereocenters. The van der Waals surface area contributed by atoms with Crippen molar-refractivity contribution in [2.75, 3.05) is 6.61 Å². The molecule has 3 rings (SSSR count). The van der Waals surface area contributed by atoms with Gasteiger partial charge in [0.2, 0.25) is 0 Å². The predicted molar refractivity (Wildman–Crippen MR) is 115 cm³/mol. The molecule has 1 N–H and O–H groups in total. The van der Waals surface area contributed by atoms with Crippen LogP contribution in [0, 0.1) is 5.92 Å². The topological polar surface area (TPSA) is 72.8 Å². The van der Waals surface area contributed by atoms with Gasteiger partial charge in [0.25, 0.3) is 0 Å². The van der Waals surface area contributed by atoms with E-state index >= 15 is 0 Å². The van der Waals surface area contributed by atoms with Crippen LogP contribution in [-0.4, -0.2) is 23.7 Å². The van der Waals surface area contributed by atoms with Crippen molar-refractivity contribution in [3.63, 3.8) is 0 Å². The highest BCUT2D eigenvalue weighted by atomic mass is 16.5. The van der Waals surface area contributed by atoms with Gasteiger partial charge in [0.05, 0.1) is 17.7 Å². The fourth-order valence-corrected chi connectivity index (χ4v) is 2.70. The van der Waals surface area contributed by atoms with Crippen molar-refractivity contribution >= 4 is 11.9 Å². The molecular formula is C25H24O5. The molecule has 0 amide bonds. The predicted octanol–water partition coefficient (Wildman–Crippen LogP) is 5.48. The number of hydrogen-bond donors (Lipinski definition) is 1. The molecule has 0 aliphatic heterocycles. The first-order valence-corrected chi connectivity index (χ1v) is 9.85. The van der Waals surface area contributed by atoms with Crippen molar-refractivity contribution in [1.29, 1.82) is 0 Å². The monoisotopic (exact) mass is 404 g/mol. The maximum Gasteiger partial charge on any atom is 0.343 e. The van der Waals surface area contributed by atoms with Crippen molar-refractivity contribution < 1.29 is 24.2 Å². The number of hydrogen-bond acceptors (Lipinski definition) is 5. The van der Waals surface area contributed by atoms with Crippen LogP contribution < -0.4 is 4.74 Å². The number of ether oxygens (including phenoxy) is 2. The fourth-order valence-electron chi connectivity index (χ4n) is 2.70. The van der Waals surface area contributed by atoms with Gasteiger partial charge in [0.15, 0.2) is 0 Å². The van der Waals surface area contributed by atoms with Gasteiger partial charge in [-0.15, -0.1) is 0 Å². The van der Waals surface area contributed by atoms with Crippen LogP contribution in [0.4, 0.5) is 0 Å². The normalized spacial score (nSPS) is 11.5. The number of rotatable bonds is 7. The summed E-state index contributed by atoms with van der Waals surface area (Å²) < 4.78 is 10.7. The molecule has 3 aromatic carbocycles. The summed E-state index contributed by atoms with van der Waals surface area (Å²) in [4.78, 5) is 24.3. The number of carbonyl (C=O) groups is 2. The van der Waals surface area contributed by atoms with Crippen LogP contribution in [0.25, 0.3) is 11.1 Å². The molecule has 0 aliphatic rings. The fraction of sp³-hybridized carbons (Fsp3) is 0.200. The van der Waals surface area contributed by atoms with Gasteiger partial charge in [-0.2, -0.15) is 0 Å². The zero-order chi connectivity index (χ0) is 21.5. The first kappa shape index (κ1) is 21.1. The molecule has 154 valence electrons. The van der Waals surface area contributed by atoms with E-state index in [1.54, 1.807) is 24.3 Å². The second-order valence-corrected chi connectivity index (χ2v) is 7.15. The third-order valence-electron chi connectivity index (χ3n) is 4.82. The molecule has 0 aliphatic carbocycles. The van der Waals surface area contributed by atoms with Gasteiger partial charge in [-0.05, 0) is 65.6 Å². The first-order chi connectivity index (χ1) is 14.5. The second kappa shape index (κ2) is 9.74. The van der Waals surface area contributed by atoms with Crippen LogP contribution in [-0.2, 0) is 4.74 Å². The highest BCUT2D eigenvalue weighted by Crippen LogP contribution is 2.24. The van der Waals surface area contributed by atoms with Gasteiger partial charge in [-0.3, -0.25) is 0 Å². The largest absolute Gasteiger partial charge is 0.508 e. The van der Waals surface area contributed by atoms with Crippen LogP contribution in [0.15, 0.2) is 72.8 Å². The Morgan fingerprint density at radius 1 is 0.800 bits per heavy atom. The minimum absolute atomic E-state index is 0.0886. The number of carbonyl (C=O) groups excluding carboxylic acids is 2. The Bertz CT molecular complexity index is 989. The average Bonchev–Trinajstić information content (AvgIpc) is 2.78. The molecular weight excluding hydrogens is 380 g/mol. The van der Waals surface area contributed by atoms with Crippen molar-refractivity contribution in [3.05, 3.63) is 83.9 Å². The van der Waals surface area contributed by atoms with Crippen LogP contribution in [0.3, 0.4) is 0 Å². The third kappa shape index (κ3) is 5.47. The second-order valence-electron chi connectivity index (χ2n) is 7.15. The Labute approximate surface area is 175 Å². The van der Waals surface area contributed by atoms with Crippen LogP contribution in [0.5, 0.6) is 11.5 Å². The standard InChI is InChI=1S/C25H24O5/c1-3-17(2)16-29-24(27)20-6-4-18(5-7-20)19-10-14-23(15-11-19)30-25(28)21-8-12-22(26)13-9-21/h4-15,17,26H,3,16H2,1-2H3. The van der Waals surface area contributed by atoms with E-state index in [1.165, 1.54) is 24.3 Å². The lowest BCUT2D eigenvalue weighted by Crippen LogP contribution is -2.11. The quantitative estimate of drug-likeness (QED) is 0.417. The number of aromatic hydroxyl groups is 1. The van der Waals surface area contributed by atoms with E-state index in [0.717, 1.165) is 17.5 Å². The number of benzene rings is 3. The molecule has 0 fully saturated rings. The van der Waals surface area contributed by atoms with E-state index in [-0.39, 0.29) is 11.7 Å². The van der Waals surface area contributed by atoms with E-state index in [9.17, 15) is 14.7 Å². The molecule has 5 heteroatoms. The summed E-state index contributed by atoms with van der Waals surface area (Å²) in [5.74, 6) is 0.0315. The molecule has 1 unspecified atom stereocenters.